The molecule has 7 nitrogen and oxygen atoms in total. The van der Waals surface area contributed by atoms with Crippen molar-refractivity contribution in [3.8, 4) is 5.75 Å². The third kappa shape index (κ3) is 8.76. The highest BCUT2D eigenvalue weighted by molar-refractivity contribution is 6.05. The van der Waals surface area contributed by atoms with Gasteiger partial charge < -0.3 is 20.1 Å². The van der Waals surface area contributed by atoms with Crippen molar-refractivity contribution in [3.05, 3.63) is 107 Å². The van der Waals surface area contributed by atoms with Crippen LogP contribution in [-0.4, -0.2) is 30.9 Å². The summed E-state index contributed by atoms with van der Waals surface area (Å²) in [5, 5.41) is 5.17. The first-order chi connectivity index (χ1) is 17.4. The number of nitrogens with one attached hydrogen (secondary N) is 2. The summed E-state index contributed by atoms with van der Waals surface area (Å²) in [5.41, 5.74) is 1.92. The smallest absolute Gasteiger partial charge is 0.325 e. The Kier molecular flexibility index (Phi) is 9.82. The molecule has 0 aliphatic heterocycles. The molecule has 0 aliphatic carbocycles. The van der Waals surface area contributed by atoms with Crippen LogP contribution in [0.3, 0.4) is 0 Å². The standard InChI is InChI=1S/C29H30N2O5/c1-21(2)19-35-25-15-13-24(14-16-25)28(33)31-26(17-22-9-5-3-6-10-22)29(34)30-18-27(32)36-20-23-11-7-4-8-12-23/h3-17,21H,18-20H2,1-2H3,(H,30,34)(H,31,33). The number of esters is 1. The monoisotopic (exact) mass is 486 g/mol. The third-order valence-electron chi connectivity index (χ3n) is 4.94. The summed E-state index contributed by atoms with van der Waals surface area (Å²) < 4.78 is 10.9. The second-order valence-corrected chi connectivity index (χ2v) is 8.48. The van der Waals surface area contributed by atoms with Gasteiger partial charge in [-0.2, -0.15) is 0 Å². The zero-order chi connectivity index (χ0) is 25.8. The predicted molar refractivity (Wildman–Crippen MR) is 138 cm³/mol. The molecule has 36 heavy (non-hydrogen) atoms. The number of rotatable bonds is 11. The molecule has 3 aromatic rings. The molecule has 0 saturated carbocycles. The van der Waals surface area contributed by atoms with E-state index in [1.807, 2.05) is 48.5 Å². The lowest BCUT2D eigenvalue weighted by Gasteiger charge is -2.12. The molecule has 0 aromatic heterocycles. The Balaban J connectivity index is 1.63. The van der Waals surface area contributed by atoms with E-state index in [9.17, 15) is 14.4 Å². The Labute approximate surface area is 211 Å². The first kappa shape index (κ1) is 26.2. The molecule has 0 saturated heterocycles. The number of hydrogen-bond acceptors (Lipinski definition) is 5. The van der Waals surface area contributed by atoms with E-state index < -0.39 is 17.8 Å². The van der Waals surface area contributed by atoms with E-state index in [0.29, 0.717) is 29.4 Å². The van der Waals surface area contributed by atoms with E-state index >= 15 is 0 Å². The molecule has 0 atom stereocenters. The summed E-state index contributed by atoms with van der Waals surface area (Å²) in [5.74, 6) is -0.621. The second kappa shape index (κ2) is 13.5. The fourth-order valence-electron chi connectivity index (χ4n) is 3.07. The van der Waals surface area contributed by atoms with Gasteiger partial charge in [0.25, 0.3) is 11.8 Å². The maximum absolute atomic E-state index is 12.9. The maximum Gasteiger partial charge on any atom is 0.325 e. The van der Waals surface area contributed by atoms with Crippen LogP contribution in [0, 0.1) is 5.92 Å². The lowest BCUT2D eigenvalue weighted by atomic mass is 10.1. The van der Waals surface area contributed by atoms with Gasteiger partial charge in [-0.05, 0) is 47.4 Å². The average molecular weight is 487 g/mol. The topological polar surface area (TPSA) is 93.7 Å². The van der Waals surface area contributed by atoms with Gasteiger partial charge in [0, 0.05) is 5.56 Å². The zero-order valence-corrected chi connectivity index (χ0v) is 20.4. The first-order valence-corrected chi connectivity index (χ1v) is 11.7. The van der Waals surface area contributed by atoms with Gasteiger partial charge in [-0.15, -0.1) is 0 Å². The van der Waals surface area contributed by atoms with Gasteiger partial charge >= 0.3 is 5.97 Å². The first-order valence-electron chi connectivity index (χ1n) is 11.7. The Morgan fingerprint density at radius 2 is 1.50 bits per heavy atom. The SMILES string of the molecule is CC(C)COc1ccc(C(=O)NC(=Cc2ccccc2)C(=O)NCC(=O)OCc2ccccc2)cc1. The number of ether oxygens (including phenoxy) is 2. The van der Waals surface area contributed by atoms with Gasteiger partial charge in [0.1, 0.15) is 24.6 Å². The Hall–Kier alpha value is -4.39. The number of hydrogen-bond donors (Lipinski definition) is 2. The Bertz CT molecular complexity index is 1170. The molecule has 0 fully saturated rings. The largest absolute Gasteiger partial charge is 0.493 e. The average Bonchev–Trinajstić information content (AvgIpc) is 2.90. The van der Waals surface area contributed by atoms with E-state index in [-0.39, 0.29) is 18.8 Å². The molecule has 0 heterocycles. The van der Waals surface area contributed by atoms with Crippen LogP contribution >= 0.6 is 0 Å². The molecule has 0 radical (unpaired) electrons. The van der Waals surface area contributed by atoms with Crippen LogP contribution in [0.15, 0.2) is 90.6 Å². The van der Waals surface area contributed by atoms with Crippen molar-refractivity contribution < 1.29 is 23.9 Å². The van der Waals surface area contributed by atoms with Crippen LogP contribution in [-0.2, 0) is 20.9 Å². The van der Waals surface area contributed by atoms with Crippen molar-refractivity contribution in [1.29, 1.82) is 0 Å². The number of amides is 2. The predicted octanol–water partition coefficient (Wildman–Crippen LogP) is 4.35. The molecular formula is C29H30N2O5. The third-order valence-corrected chi connectivity index (χ3v) is 4.94. The highest BCUT2D eigenvalue weighted by Gasteiger charge is 2.16. The van der Waals surface area contributed by atoms with Crippen LogP contribution in [0.25, 0.3) is 6.08 Å². The van der Waals surface area contributed by atoms with E-state index in [0.717, 1.165) is 5.56 Å². The molecule has 2 amide bonds. The minimum Gasteiger partial charge on any atom is -0.493 e. The summed E-state index contributed by atoms with van der Waals surface area (Å²) in [6.07, 6.45) is 1.54. The summed E-state index contributed by atoms with van der Waals surface area (Å²) in [4.78, 5) is 37.9. The van der Waals surface area contributed by atoms with Gasteiger partial charge in [0.05, 0.1) is 6.61 Å². The highest BCUT2D eigenvalue weighted by atomic mass is 16.5. The van der Waals surface area contributed by atoms with Crippen LogP contribution in [0.4, 0.5) is 0 Å². The van der Waals surface area contributed by atoms with Crippen molar-refractivity contribution in [2.24, 2.45) is 5.92 Å². The fourth-order valence-corrected chi connectivity index (χ4v) is 3.07. The van der Waals surface area contributed by atoms with E-state index in [1.54, 1.807) is 42.5 Å². The second-order valence-electron chi connectivity index (χ2n) is 8.48. The molecule has 0 spiro atoms. The zero-order valence-electron chi connectivity index (χ0n) is 20.4. The summed E-state index contributed by atoms with van der Waals surface area (Å²) >= 11 is 0. The van der Waals surface area contributed by atoms with Gasteiger partial charge in [0.2, 0.25) is 0 Å². The Morgan fingerprint density at radius 3 is 2.14 bits per heavy atom. The normalized spacial score (nSPS) is 11.0. The summed E-state index contributed by atoms with van der Waals surface area (Å²) in [7, 11) is 0. The molecule has 7 heteroatoms. The van der Waals surface area contributed by atoms with Crippen molar-refractivity contribution in [2.45, 2.75) is 20.5 Å². The fraction of sp³-hybridized carbons (Fsp3) is 0.207. The molecule has 2 N–H and O–H groups in total. The van der Waals surface area contributed by atoms with Gasteiger partial charge in [0.15, 0.2) is 0 Å². The van der Waals surface area contributed by atoms with Crippen molar-refractivity contribution in [2.75, 3.05) is 13.2 Å². The molecule has 0 unspecified atom stereocenters. The maximum atomic E-state index is 12.9. The van der Waals surface area contributed by atoms with Crippen molar-refractivity contribution >= 4 is 23.9 Å². The van der Waals surface area contributed by atoms with E-state index in [2.05, 4.69) is 24.5 Å². The summed E-state index contributed by atoms with van der Waals surface area (Å²) in [6.45, 7) is 4.45. The van der Waals surface area contributed by atoms with Crippen molar-refractivity contribution in [1.82, 2.24) is 10.6 Å². The lowest BCUT2D eigenvalue weighted by molar-refractivity contribution is -0.144. The molecule has 186 valence electrons. The van der Waals surface area contributed by atoms with Crippen LogP contribution in [0.5, 0.6) is 5.75 Å². The van der Waals surface area contributed by atoms with Crippen LogP contribution < -0.4 is 15.4 Å². The highest BCUT2D eigenvalue weighted by Crippen LogP contribution is 2.14. The van der Waals surface area contributed by atoms with Gasteiger partial charge in [-0.1, -0.05) is 74.5 Å². The van der Waals surface area contributed by atoms with Crippen molar-refractivity contribution in [3.63, 3.8) is 0 Å². The van der Waals surface area contributed by atoms with E-state index in [1.165, 1.54) is 0 Å². The molecule has 0 aliphatic rings. The van der Waals surface area contributed by atoms with Gasteiger partial charge in [-0.25, -0.2) is 0 Å². The van der Waals surface area contributed by atoms with Crippen LogP contribution in [0.2, 0.25) is 0 Å². The molecular weight excluding hydrogens is 456 g/mol. The minimum atomic E-state index is -0.610. The lowest BCUT2D eigenvalue weighted by Crippen LogP contribution is -2.37. The van der Waals surface area contributed by atoms with E-state index in [4.69, 9.17) is 9.47 Å². The Morgan fingerprint density at radius 1 is 0.861 bits per heavy atom. The number of carbonyl (C=O) groups excluding carboxylic acids is 3. The number of benzene rings is 3. The summed E-state index contributed by atoms with van der Waals surface area (Å²) in [6, 6.07) is 25.0. The van der Waals surface area contributed by atoms with Gasteiger partial charge in [-0.3, -0.25) is 14.4 Å². The molecule has 3 aromatic carbocycles. The molecule has 3 rings (SSSR count). The quantitative estimate of drug-likeness (QED) is 0.310. The number of carbonyl (C=O) groups is 3. The van der Waals surface area contributed by atoms with Crippen LogP contribution in [0.1, 0.15) is 35.3 Å². The minimum absolute atomic E-state index is 0.00203. The molecule has 0 bridgehead atoms.